The van der Waals surface area contributed by atoms with Gasteiger partial charge in [0.05, 0.1) is 17.5 Å². The van der Waals surface area contributed by atoms with Crippen molar-refractivity contribution < 1.29 is 34.2 Å². The number of aliphatic hydroxyl groups is 1. The number of carbonyl (C=O) groups is 5. The van der Waals surface area contributed by atoms with Crippen LogP contribution in [0.3, 0.4) is 0 Å². The van der Waals surface area contributed by atoms with Gasteiger partial charge in [0, 0.05) is 5.92 Å². The molecule has 2 unspecified atom stereocenters. The minimum absolute atomic E-state index is 0.00549. The average molecular weight is 519 g/mol. The van der Waals surface area contributed by atoms with Gasteiger partial charge in [-0.25, -0.2) is 0 Å². The number of likely N-dealkylation sites (N-methyl/N-ethyl adjacent to an activating group) is 1. The van der Waals surface area contributed by atoms with Crippen molar-refractivity contribution in [3.63, 3.8) is 0 Å². The predicted molar refractivity (Wildman–Crippen MR) is 136 cm³/mol. The van der Waals surface area contributed by atoms with Crippen LogP contribution in [-0.4, -0.2) is 69.9 Å². The lowest BCUT2D eigenvalue weighted by atomic mass is 9.52. The summed E-state index contributed by atoms with van der Waals surface area (Å²) in [5.41, 5.74) is 6.90. The summed E-state index contributed by atoms with van der Waals surface area (Å²) in [6.45, 7) is 3.93. The highest BCUT2D eigenvalue weighted by atomic mass is 16.3. The van der Waals surface area contributed by atoms with E-state index in [2.05, 4.69) is 0 Å². The predicted octanol–water partition coefficient (Wildman–Crippen LogP) is 1.15. The molecule has 0 spiro atoms. The van der Waals surface area contributed by atoms with E-state index >= 15 is 0 Å². The van der Waals surface area contributed by atoms with E-state index in [1.54, 1.807) is 20.2 Å². The van der Waals surface area contributed by atoms with Crippen LogP contribution in [0.15, 0.2) is 30.3 Å². The third-order valence-corrected chi connectivity index (χ3v) is 8.62. The molecule has 3 aliphatic carbocycles. The van der Waals surface area contributed by atoms with E-state index in [-0.39, 0.29) is 24.2 Å². The zero-order valence-electron chi connectivity index (χ0n) is 21.6. The molecule has 0 radical (unpaired) electrons. The van der Waals surface area contributed by atoms with Crippen LogP contribution in [0.1, 0.15) is 33.5 Å². The second kappa shape index (κ2) is 8.68. The topological polar surface area (TPSA) is 155 Å². The first-order chi connectivity index (χ1) is 17.8. The van der Waals surface area contributed by atoms with Gasteiger partial charge in [-0.1, -0.05) is 29.8 Å². The first kappa shape index (κ1) is 25.9. The summed E-state index contributed by atoms with van der Waals surface area (Å²) >= 11 is 0. The van der Waals surface area contributed by atoms with Gasteiger partial charge in [-0.15, -0.1) is 0 Å². The van der Waals surface area contributed by atoms with E-state index in [0.717, 1.165) is 22.3 Å². The second-order valence-electron chi connectivity index (χ2n) is 11.1. The highest BCUT2D eigenvalue weighted by Gasteiger charge is 2.69. The van der Waals surface area contributed by atoms with Crippen LogP contribution in [-0.2, 0) is 25.6 Å². The van der Waals surface area contributed by atoms with Crippen molar-refractivity contribution in [2.75, 3.05) is 14.1 Å². The summed E-state index contributed by atoms with van der Waals surface area (Å²) in [6.07, 6.45) is 0.245. The quantitative estimate of drug-likeness (QED) is 0.511. The first-order valence-electron chi connectivity index (χ1n) is 12.6. The lowest BCUT2D eigenvalue weighted by Crippen LogP contribution is -2.74. The van der Waals surface area contributed by atoms with Gasteiger partial charge in [-0.3, -0.25) is 28.9 Å². The highest BCUT2D eigenvalue weighted by Crippen LogP contribution is 2.51. The number of fused-ring (bicyclic) bond motifs is 3. The van der Waals surface area contributed by atoms with Gasteiger partial charge in [-0.05, 0) is 75.0 Å². The molecule has 0 heterocycles. The fourth-order valence-corrected chi connectivity index (χ4v) is 6.97. The van der Waals surface area contributed by atoms with Crippen molar-refractivity contribution in [3.8, 4) is 16.9 Å². The van der Waals surface area contributed by atoms with Crippen LogP contribution < -0.4 is 5.73 Å². The third-order valence-electron chi connectivity index (χ3n) is 8.62. The molecule has 3 aliphatic rings. The Bertz CT molecular complexity index is 1440. The number of rotatable bonds is 3. The number of hydrogen-bond donors (Lipinski definition) is 3. The minimum atomic E-state index is -2.72. The van der Waals surface area contributed by atoms with Gasteiger partial charge >= 0.3 is 0 Å². The average Bonchev–Trinajstić information content (AvgIpc) is 2.81. The molecule has 2 aromatic rings. The number of benzene rings is 2. The van der Waals surface area contributed by atoms with E-state index < -0.39 is 64.4 Å². The molecule has 0 saturated heterocycles. The Morgan fingerprint density at radius 2 is 1.68 bits per heavy atom. The maximum atomic E-state index is 13.9. The van der Waals surface area contributed by atoms with E-state index in [4.69, 9.17) is 5.73 Å². The lowest BCUT2D eigenvalue weighted by molar-refractivity contribution is -0.181. The molecule has 9 nitrogen and oxygen atoms in total. The molecular formula is C29H30N2O7. The maximum Gasteiger partial charge on any atom is 0.235 e. The monoisotopic (exact) mass is 518 g/mol. The molecule has 9 heteroatoms. The zero-order valence-corrected chi connectivity index (χ0v) is 21.6. The number of Topliss-reactive ketones (excluding diaryl/α,β-unsaturated/α-hetero) is 4. The molecule has 6 atom stereocenters. The molecule has 198 valence electrons. The van der Waals surface area contributed by atoms with Crippen molar-refractivity contribution in [2.24, 2.45) is 29.4 Å². The molecule has 1 amide bonds. The fraction of sp³-hybridized carbons (Fsp3) is 0.414. The molecular weight excluding hydrogens is 488 g/mol. The molecule has 0 aliphatic heterocycles. The smallest absolute Gasteiger partial charge is 0.235 e. The first-order valence-corrected chi connectivity index (χ1v) is 12.6. The van der Waals surface area contributed by atoms with Crippen LogP contribution in [0.4, 0.5) is 0 Å². The van der Waals surface area contributed by atoms with E-state index in [1.807, 2.05) is 32.0 Å². The minimum Gasteiger partial charge on any atom is -0.507 e. The van der Waals surface area contributed by atoms with Crippen molar-refractivity contribution in [1.29, 1.82) is 0 Å². The van der Waals surface area contributed by atoms with Gasteiger partial charge in [0.15, 0.2) is 34.7 Å². The molecule has 2 aromatic carbocycles. The molecule has 2 saturated carbocycles. The molecule has 38 heavy (non-hydrogen) atoms. The number of carbonyl (C=O) groups excluding carboxylic acids is 5. The standard InChI is InChI=1S/C29H30N2O7/c1-12-5-6-15(13(2)9-12)16-7-8-19(32)21-17(16)10-14-11-18-23(31(3)4)25(34)22(28(30)37)27(36)29(18,38)26(35)20(14)24(21)33/h5-9,14,18,20,22-23,32,38H,10-11H2,1-4H3,(H2,30,37)/t14-,18-,20?,22?,23-,29-/m1/s1. The van der Waals surface area contributed by atoms with Crippen molar-refractivity contribution in [2.45, 2.75) is 38.3 Å². The Hall–Kier alpha value is -3.69. The van der Waals surface area contributed by atoms with Crippen LogP contribution in [0.25, 0.3) is 11.1 Å². The zero-order chi connectivity index (χ0) is 27.8. The normalized spacial score (nSPS) is 30.6. The lowest BCUT2D eigenvalue weighted by Gasteiger charge is -2.52. The van der Waals surface area contributed by atoms with Gasteiger partial charge in [0.1, 0.15) is 5.75 Å². The SMILES string of the molecule is Cc1ccc(-c2ccc(O)c3c2C[C@@H]2C[C@@H]4[C@@H](N(C)C)C(=O)C(C(N)=O)C(=O)[C@]4(O)C(=O)C2C3=O)c(C)c1. The summed E-state index contributed by atoms with van der Waals surface area (Å²) in [4.78, 5) is 67.8. The number of aryl methyl sites for hydroxylation is 2. The Labute approximate surface area is 219 Å². The number of phenolic OH excluding ortho intramolecular Hbond substituents is 1. The third kappa shape index (κ3) is 3.41. The van der Waals surface area contributed by atoms with Crippen LogP contribution >= 0.6 is 0 Å². The summed E-state index contributed by atoms with van der Waals surface area (Å²) in [7, 11) is 3.12. The number of primary amides is 1. The van der Waals surface area contributed by atoms with Gasteiger partial charge in [0.2, 0.25) is 5.91 Å². The van der Waals surface area contributed by atoms with Gasteiger partial charge in [-0.2, -0.15) is 0 Å². The van der Waals surface area contributed by atoms with E-state index in [9.17, 15) is 34.2 Å². The Kier molecular flexibility index (Phi) is 5.92. The molecule has 4 N–H and O–H groups in total. The van der Waals surface area contributed by atoms with Gasteiger partial charge in [0.25, 0.3) is 0 Å². The van der Waals surface area contributed by atoms with Crippen molar-refractivity contribution >= 4 is 29.0 Å². The number of hydrogen-bond acceptors (Lipinski definition) is 8. The number of phenols is 1. The van der Waals surface area contributed by atoms with Crippen molar-refractivity contribution in [3.05, 3.63) is 52.6 Å². The number of amides is 1. The molecule has 0 aromatic heterocycles. The summed E-state index contributed by atoms with van der Waals surface area (Å²) in [5.74, 6) is -10.4. The van der Waals surface area contributed by atoms with E-state index in [1.165, 1.54) is 11.0 Å². The Morgan fingerprint density at radius 3 is 2.29 bits per heavy atom. The Morgan fingerprint density at radius 1 is 1.03 bits per heavy atom. The maximum absolute atomic E-state index is 13.9. The molecule has 5 rings (SSSR count). The van der Waals surface area contributed by atoms with Crippen molar-refractivity contribution in [1.82, 2.24) is 4.90 Å². The number of aromatic hydroxyl groups is 1. The number of nitrogens with zero attached hydrogens (tertiary/aromatic N) is 1. The van der Waals surface area contributed by atoms with Crippen LogP contribution in [0.5, 0.6) is 5.75 Å². The molecule has 2 fully saturated rings. The summed E-state index contributed by atoms with van der Waals surface area (Å²) < 4.78 is 0. The molecule has 0 bridgehead atoms. The van der Waals surface area contributed by atoms with Crippen LogP contribution in [0.2, 0.25) is 0 Å². The summed E-state index contributed by atoms with van der Waals surface area (Å²) in [6, 6.07) is 7.95. The van der Waals surface area contributed by atoms with Gasteiger partial charge < -0.3 is 15.9 Å². The second-order valence-corrected chi connectivity index (χ2v) is 11.1. The van der Waals surface area contributed by atoms with E-state index in [0.29, 0.717) is 5.56 Å². The number of ketones is 4. The number of nitrogens with two attached hydrogens (primary N) is 1. The van der Waals surface area contributed by atoms with Crippen LogP contribution in [0, 0.1) is 37.5 Å². The highest BCUT2D eigenvalue weighted by molar-refractivity contribution is 6.32. The fourth-order valence-electron chi connectivity index (χ4n) is 6.97. The largest absolute Gasteiger partial charge is 0.507 e. The Balaban J connectivity index is 1.67. The summed E-state index contributed by atoms with van der Waals surface area (Å²) in [5, 5.41) is 22.4.